The fourth-order valence-corrected chi connectivity index (χ4v) is 2.40. The highest BCUT2D eigenvalue weighted by Gasteiger charge is 2.60. The summed E-state index contributed by atoms with van der Waals surface area (Å²) in [5, 5.41) is 0. The summed E-state index contributed by atoms with van der Waals surface area (Å²) in [6, 6.07) is 0. The first-order chi connectivity index (χ1) is 5.58. The first-order valence-corrected chi connectivity index (χ1v) is 4.95. The smallest absolute Gasteiger partial charge is 0.0562 e. The van der Waals surface area contributed by atoms with Gasteiger partial charge in [0.25, 0.3) is 0 Å². The Labute approximate surface area is 74.5 Å². The second-order valence-corrected chi connectivity index (χ2v) is 5.03. The van der Waals surface area contributed by atoms with E-state index >= 15 is 0 Å². The van der Waals surface area contributed by atoms with Crippen LogP contribution >= 0.6 is 0 Å². The Balaban J connectivity index is 2.04. The Hall–Kier alpha value is -0.0800. The largest absolute Gasteiger partial charge is 0.380 e. The van der Waals surface area contributed by atoms with Crippen LogP contribution in [0.2, 0.25) is 0 Å². The lowest BCUT2D eigenvalue weighted by molar-refractivity contribution is -0.142. The van der Waals surface area contributed by atoms with Gasteiger partial charge in [-0.1, -0.05) is 13.8 Å². The van der Waals surface area contributed by atoms with Gasteiger partial charge in [0.2, 0.25) is 0 Å². The molecule has 2 aliphatic rings. The number of hydrogen-bond acceptors (Lipinski definition) is 2. The molecule has 0 spiro atoms. The Morgan fingerprint density at radius 3 is 2.17 bits per heavy atom. The van der Waals surface area contributed by atoms with Crippen LogP contribution in [-0.2, 0) is 4.74 Å². The van der Waals surface area contributed by atoms with Crippen LogP contribution in [0.3, 0.4) is 0 Å². The van der Waals surface area contributed by atoms with Crippen LogP contribution in [0.5, 0.6) is 0 Å². The molecule has 0 bridgehead atoms. The van der Waals surface area contributed by atoms with Gasteiger partial charge in [-0.3, -0.25) is 0 Å². The summed E-state index contributed by atoms with van der Waals surface area (Å²) in [6.07, 6.45) is 3.66. The van der Waals surface area contributed by atoms with Gasteiger partial charge in [-0.15, -0.1) is 0 Å². The van der Waals surface area contributed by atoms with Crippen molar-refractivity contribution >= 4 is 0 Å². The van der Waals surface area contributed by atoms with Crippen LogP contribution in [0, 0.1) is 11.3 Å². The topological polar surface area (TPSA) is 35.2 Å². The molecule has 0 aromatic heterocycles. The van der Waals surface area contributed by atoms with E-state index in [0.717, 1.165) is 19.1 Å². The summed E-state index contributed by atoms with van der Waals surface area (Å²) in [6.45, 7) is 6.35. The lowest BCUT2D eigenvalue weighted by atomic mass is 9.71. The molecular formula is C10H19NO. The van der Waals surface area contributed by atoms with E-state index in [9.17, 15) is 0 Å². The number of rotatable bonds is 3. The maximum atomic E-state index is 6.26. The van der Waals surface area contributed by atoms with Crippen LogP contribution < -0.4 is 5.73 Å². The second kappa shape index (κ2) is 2.46. The SMILES string of the molecule is CC(C)CC1(C2(N)CC2)COC1. The molecular weight excluding hydrogens is 150 g/mol. The standard InChI is InChI=1S/C10H19NO/c1-8(2)5-9(6-12-7-9)10(11)3-4-10/h8H,3-7,11H2,1-2H3. The molecule has 1 saturated heterocycles. The average Bonchev–Trinajstić information content (AvgIpc) is 2.59. The van der Waals surface area contributed by atoms with Gasteiger partial charge in [0.05, 0.1) is 13.2 Å². The van der Waals surface area contributed by atoms with E-state index in [-0.39, 0.29) is 5.54 Å². The van der Waals surface area contributed by atoms with Crippen LogP contribution in [0.15, 0.2) is 0 Å². The van der Waals surface area contributed by atoms with Crippen LogP contribution in [-0.4, -0.2) is 18.8 Å². The molecule has 2 fully saturated rings. The van der Waals surface area contributed by atoms with Crippen molar-refractivity contribution in [1.29, 1.82) is 0 Å². The molecule has 2 heteroatoms. The van der Waals surface area contributed by atoms with Crippen LogP contribution in [0.4, 0.5) is 0 Å². The number of ether oxygens (including phenoxy) is 1. The Morgan fingerprint density at radius 1 is 1.33 bits per heavy atom. The van der Waals surface area contributed by atoms with E-state index in [1.807, 2.05) is 0 Å². The highest BCUT2D eigenvalue weighted by Crippen LogP contribution is 2.54. The molecule has 0 amide bonds. The monoisotopic (exact) mass is 169 g/mol. The molecule has 0 radical (unpaired) electrons. The molecule has 1 heterocycles. The summed E-state index contributed by atoms with van der Waals surface area (Å²) < 4.78 is 5.33. The minimum absolute atomic E-state index is 0.148. The van der Waals surface area contributed by atoms with Gasteiger partial charge in [-0.2, -0.15) is 0 Å². The molecule has 0 aromatic rings. The van der Waals surface area contributed by atoms with Crippen LogP contribution in [0.25, 0.3) is 0 Å². The summed E-state index contributed by atoms with van der Waals surface area (Å²) in [5.74, 6) is 0.745. The maximum Gasteiger partial charge on any atom is 0.0562 e. The van der Waals surface area contributed by atoms with Gasteiger partial charge in [-0.05, 0) is 25.2 Å². The third-order valence-electron chi connectivity index (χ3n) is 3.40. The van der Waals surface area contributed by atoms with Gasteiger partial charge >= 0.3 is 0 Å². The third-order valence-corrected chi connectivity index (χ3v) is 3.40. The number of hydrogen-bond donors (Lipinski definition) is 1. The van der Waals surface area contributed by atoms with Crippen molar-refractivity contribution in [3.63, 3.8) is 0 Å². The third kappa shape index (κ3) is 1.09. The van der Waals surface area contributed by atoms with Gasteiger partial charge in [0.1, 0.15) is 0 Å². The zero-order valence-corrected chi connectivity index (χ0v) is 8.10. The Morgan fingerprint density at radius 2 is 1.92 bits per heavy atom. The van der Waals surface area contributed by atoms with Crippen molar-refractivity contribution in [1.82, 2.24) is 0 Å². The molecule has 1 aliphatic carbocycles. The predicted octanol–water partition coefficient (Wildman–Crippen LogP) is 1.54. The molecule has 0 aromatic carbocycles. The molecule has 1 saturated carbocycles. The van der Waals surface area contributed by atoms with E-state index in [2.05, 4.69) is 13.8 Å². The van der Waals surface area contributed by atoms with Gasteiger partial charge in [0, 0.05) is 11.0 Å². The minimum atomic E-state index is 0.148. The second-order valence-electron chi connectivity index (χ2n) is 5.03. The van der Waals surface area contributed by atoms with Gasteiger partial charge in [-0.25, -0.2) is 0 Å². The van der Waals surface area contributed by atoms with E-state index < -0.39 is 0 Å². The number of nitrogens with two attached hydrogens (primary N) is 1. The van der Waals surface area contributed by atoms with E-state index in [4.69, 9.17) is 10.5 Å². The maximum absolute atomic E-state index is 6.26. The van der Waals surface area contributed by atoms with Crippen molar-refractivity contribution < 1.29 is 4.74 Å². The first kappa shape index (κ1) is 8.52. The Kier molecular flexibility index (Phi) is 1.74. The van der Waals surface area contributed by atoms with Crippen molar-refractivity contribution in [2.45, 2.75) is 38.6 Å². The van der Waals surface area contributed by atoms with Crippen molar-refractivity contribution in [2.24, 2.45) is 17.1 Å². The normalized spacial score (nSPS) is 30.0. The average molecular weight is 169 g/mol. The quantitative estimate of drug-likeness (QED) is 0.695. The summed E-state index contributed by atoms with van der Waals surface area (Å²) >= 11 is 0. The van der Waals surface area contributed by atoms with Gasteiger partial charge in [0.15, 0.2) is 0 Å². The molecule has 0 atom stereocenters. The summed E-state index contributed by atoms with van der Waals surface area (Å²) in [7, 11) is 0. The molecule has 1 aliphatic heterocycles. The minimum Gasteiger partial charge on any atom is -0.380 e. The van der Waals surface area contributed by atoms with Crippen molar-refractivity contribution in [3.05, 3.63) is 0 Å². The highest BCUT2D eigenvalue weighted by molar-refractivity contribution is 5.15. The molecule has 0 unspecified atom stereocenters. The van der Waals surface area contributed by atoms with Crippen molar-refractivity contribution in [2.75, 3.05) is 13.2 Å². The first-order valence-electron chi connectivity index (χ1n) is 4.95. The predicted molar refractivity (Wildman–Crippen MR) is 48.9 cm³/mol. The van der Waals surface area contributed by atoms with E-state index in [1.54, 1.807) is 0 Å². The van der Waals surface area contributed by atoms with Gasteiger partial charge < -0.3 is 10.5 Å². The molecule has 2 rings (SSSR count). The van der Waals surface area contributed by atoms with Crippen molar-refractivity contribution in [3.8, 4) is 0 Å². The summed E-state index contributed by atoms with van der Waals surface area (Å²) in [4.78, 5) is 0. The fourth-order valence-electron chi connectivity index (χ4n) is 2.40. The van der Waals surface area contributed by atoms with E-state index in [0.29, 0.717) is 5.41 Å². The zero-order chi connectivity index (χ0) is 8.82. The Bertz CT molecular complexity index is 180. The molecule has 2 N–H and O–H groups in total. The fraction of sp³-hybridized carbons (Fsp3) is 1.00. The summed E-state index contributed by atoms with van der Waals surface area (Å²) in [5.41, 5.74) is 6.75. The molecule has 2 nitrogen and oxygen atoms in total. The molecule has 70 valence electrons. The van der Waals surface area contributed by atoms with E-state index in [1.165, 1.54) is 19.3 Å². The molecule has 12 heavy (non-hydrogen) atoms. The lowest BCUT2D eigenvalue weighted by Crippen LogP contribution is -2.57. The zero-order valence-electron chi connectivity index (χ0n) is 8.10. The highest BCUT2D eigenvalue weighted by atomic mass is 16.5. The lowest BCUT2D eigenvalue weighted by Gasteiger charge is -2.47. The van der Waals surface area contributed by atoms with Crippen LogP contribution in [0.1, 0.15) is 33.1 Å².